The van der Waals surface area contributed by atoms with E-state index in [0.717, 1.165) is 36.0 Å². The first-order valence-electron chi connectivity index (χ1n) is 9.74. The highest BCUT2D eigenvalue weighted by Gasteiger charge is 2.08. The van der Waals surface area contributed by atoms with Crippen LogP contribution < -0.4 is 0 Å². The quantitative estimate of drug-likeness (QED) is 0.457. The van der Waals surface area contributed by atoms with Crippen molar-refractivity contribution in [3.8, 4) is 23.7 Å². The van der Waals surface area contributed by atoms with Gasteiger partial charge in [0.15, 0.2) is 0 Å². The molecule has 0 unspecified atom stereocenters. The van der Waals surface area contributed by atoms with Crippen molar-refractivity contribution < 1.29 is 8.78 Å². The van der Waals surface area contributed by atoms with Crippen LogP contribution in [0, 0.1) is 42.2 Å². The largest absolute Gasteiger partial charge is 0.205 e. The normalized spacial score (nSPS) is 9.93. The maximum absolute atomic E-state index is 14.4. The lowest BCUT2D eigenvalue weighted by Gasteiger charge is -2.00. The summed E-state index contributed by atoms with van der Waals surface area (Å²) < 4.78 is 28.8. The second-order valence-corrected chi connectivity index (χ2v) is 6.98. The Morgan fingerprint density at radius 1 is 0.690 bits per heavy atom. The summed E-state index contributed by atoms with van der Waals surface area (Å²) in [5.74, 6) is 9.78. The van der Waals surface area contributed by atoms with Gasteiger partial charge in [-0.25, -0.2) is 8.78 Å². The second-order valence-electron chi connectivity index (χ2n) is 6.98. The van der Waals surface area contributed by atoms with Crippen molar-refractivity contribution in [3.05, 3.63) is 106 Å². The van der Waals surface area contributed by atoms with Crippen LogP contribution in [0.4, 0.5) is 8.78 Å². The topological polar surface area (TPSA) is 0 Å². The zero-order valence-electron chi connectivity index (χ0n) is 16.7. The predicted molar refractivity (Wildman–Crippen MR) is 115 cm³/mol. The average Bonchev–Trinajstić information content (AvgIpc) is 2.72. The van der Waals surface area contributed by atoms with Crippen molar-refractivity contribution in [1.29, 1.82) is 0 Å². The Morgan fingerprint density at radius 3 is 1.79 bits per heavy atom. The molecule has 3 aromatic carbocycles. The maximum atomic E-state index is 14.4. The van der Waals surface area contributed by atoms with Crippen molar-refractivity contribution in [3.63, 3.8) is 0 Å². The molecule has 0 aliphatic heterocycles. The summed E-state index contributed by atoms with van der Waals surface area (Å²) in [4.78, 5) is 0. The maximum Gasteiger partial charge on any atom is 0.143 e. The van der Waals surface area contributed by atoms with Gasteiger partial charge in [-0.1, -0.05) is 66.9 Å². The number of hydrogen-bond acceptors (Lipinski definition) is 0. The van der Waals surface area contributed by atoms with E-state index < -0.39 is 11.6 Å². The number of rotatable bonds is 3. The highest BCUT2D eigenvalue weighted by Crippen LogP contribution is 2.15. The van der Waals surface area contributed by atoms with Gasteiger partial charge >= 0.3 is 0 Å². The van der Waals surface area contributed by atoms with Crippen LogP contribution in [-0.2, 0) is 6.42 Å². The Bertz CT molecular complexity index is 1080. The van der Waals surface area contributed by atoms with Crippen LogP contribution in [0.15, 0.2) is 60.7 Å². The molecule has 0 saturated heterocycles. The van der Waals surface area contributed by atoms with E-state index in [1.54, 1.807) is 0 Å². The lowest BCUT2D eigenvalue weighted by Crippen LogP contribution is -1.92. The lowest BCUT2D eigenvalue weighted by molar-refractivity contribution is 0.577. The lowest BCUT2D eigenvalue weighted by atomic mass is 10.1. The van der Waals surface area contributed by atoms with Gasteiger partial charge in [0.1, 0.15) is 11.6 Å². The van der Waals surface area contributed by atoms with E-state index in [1.807, 2.05) is 55.5 Å². The van der Waals surface area contributed by atoms with E-state index in [9.17, 15) is 8.78 Å². The number of aryl methyl sites for hydroxylation is 2. The fraction of sp³-hybridized carbons (Fsp3) is 0.185. The molecule has 0 amide bonds. The van der Waals surface area contributed by atoms with E-state index in [2.05, 4.69) is 30.6 Å². The molecule has 3 rings (SSSR count). The summed E-state index contributed by atoms with van der Waals surface area (Å²) in [6.07, 6.45) is 3.31. The number of halogens is 2. The van der Waals surface area contributed by atoms with E-state index in [0.29, 0.717) is 0 Å². The zero-order valence-corrected chi connectivity index (χ0v) is 16.7. The molecule has 0 N–H and O–H groups in total. The minimum Gasteiger partial charge on any atom is -0.205 e. The van der Waals surface area contributed by atoms with E-state index in [1.165, 1.54) is 17.7 Å². The third-order valence-electron chi connectivity index (χ3n) is 4.55. The molecule has 0 heterocycles. The summed E-state index contributed by atoms with van der Waals surface area (Å²) in [5, 5.41) is 0. The van der Waals surface area contributed by atoms with Gasteiger partial charge < -0.3 is 0 Å². The second kappa shape index (κ2) is 9.72. The van der Waals surface area contributed by atoms with Crippen LogP contribution in [0.25, 0.3) is 0 Å². The molecule has 0 aliphatic carbocycles. The van der Waals surface area contributed by atoms with Crippen LogP contribution in [0.2, 0.25) is 0 Å². The molecule has 3 aromatic rings. The van der Waals surface area contributed by atoms with E-state index >= 15 is 0 Å². The van der Waals surface area contributed by atoms with Gasteiger partial charge in [0.2, 0.25) is 0 Å². The van der Waals surface area contributed by atoms with Gasteiger partial charge in [-0.05, 0) is 61.7 Å². The van der Waals surface area contributed by atoms with Gasteiger partial charge in [0.05, 0.1) is 5.56 Å². The summed E-state index contributed by atoms with van der Waals surface area (Å²) >= 11 is 0. The molecule has 144 valence electrons. The number of unbranched alkanes of at least 4 members (excludes halogenated alkanes) is 1. The fourth-order valence-corrected chi connectivity index (χ4v) is 2.82. The Hall–Kier alpha value is -3.36. The SMILES string of the molecule is CCCCc1ccc(C#Cc2c(F)cc(C#Cc3ccc(C)cc3)cc2F)cc1. The minimum absolute atomic E-state index is 0.235. The molecule has 0 bridgehead atoms. The third-order valence-corrected chi connectivity index (χ3v) is 4.55. The minimum atomic E-state index is -0.703. The first-order valence-corrected chi connectivity index (χ1v) is 9.74. The summed E-state index contributed by atoms with van der Waals surface area (Å²) in [6, 6.07) is 17.9. The molecule has 0 radical (unpaired) electrons. The third kappa shape index (κ3) is 5.81. The van der Waals surface area contributed by atoms with Crippen LogP contribution in [0.5, 0.6) is 0 Å². The number of benzene rings is 3. The van der Waals surface area contributed by atoms with Gasteiger partial charge in [-0.3, -0.25) is 0 Å². The highest BCUT2D eigenvalue weighted by atomic mass is 19.1. The zero-order chi connectivity index (χ0) is 20.6. The Kier molecular flexibility index (Phi) is 6.83. The molecule has 0 aliphatic rings. The van der Waals surface area contributed by atoms with Crippen molar-refractivity contribution in [2.24, 2.45) is 0 Å². The smallest absolute Gasteiger partial charge is 0.143 e. The van der Waals surface area contributed by atoms with Crippen molar-refractivity contribution in [1.82, 2.24) is 0 Å². The summed E-state index contributed by atoms with van der Waals surface area (Å²) in [5.41, 5.74) is 3.94. The molecule has 0 nitrogen and oxygen atoms in total. The predicted octanol–water partition coefficient (Wildman–Crippen LogP) is 6.42. The average molecular weight is 384 g/mol. The van der Waals surface area contributed by atoms with Gasteiger partial charge in [-0.2, -0.15) is 0 Å². The standard InChI is InChI=1S/C27H22F2/c1-3-4-5-21-10-12-23(13-11-21)16-17-25-26(28)18-24(19-27(25)29)15-14-22-8-6-20(2)7-9-22/h6-13,18-19H,3-5H2,1-2H3. The van der Waals surface area contributed by atoms with E-state index in [4.69, 9.17) is 0 Å². The van der Waals surface area contributed by atoms with Gasteiger partial charge in [-0.15, -0.1) is 0 Å². The fourth-order valence-electron chi connectivity index (χ4n) is 2.82. The van der Waals surface area contributed by atoms with Crippen molar-refractivity contribution >= 4 is 0 Å². The molecular formula is C27H22F2. The number of hydrogen-bond donors (Lipinski definition) is 0. The highest BCUT2D eigenvalue weighted by molar-refractivity contribution is 5.49. The molecule has 0 fully saturated rings. The summed E-state index contributed by atoms with van der Waals surface area (Å²) in [7, 11) is 0. The Balaban J connectivity index is 1.78. The first kappa shape index (κ1) is 20.4. The summed E-state index contributed by atoms with van der Waals surface area (Å²) in [6.45, 7) is 4.14. The molecule has 2 heteroatoms. The molecule has 29 heavy (non-hydrogen) atoms. The van der Waals surface area contributed by atoms with Crippen molar-refractivity contribution in [2.45, 2.75) is 33.1 Å². The molecular weight excluding hydrogens is 362 g/mol. The molecule has 0 saturated carbocycles. The van der Waals surface area contributed by atoms with E-state index in [-0.39, 0.29) is 11.1 Å². The molecule has 0 spiro atoms. The van der Waals surface area contributed by atoms with Crippen LogP contribution in [-0.4, -0.2) is 0 Å². The van der Waals surface area contributed by atoms with Crippen LogP contribution in [0.3, 0.4) is 0 Å². The molecule has 0 aromatic heterocycles. The first-order chi connectivity index (χ1) is 14.0. The molecule has 0 atom stereocenters. The van der Waals surface area contributed by atoms with Crippen molar-refractivity contribution in [2.75, 3.05) is 0 Å². The Labute approximate surface area is 171 Å². The van der Waals surface area contributed by atoms with Gasteiger partial charge in [0.25, 0.3) is 0 Å². The van der Waals surface area contributed by atoms with Gasteiger partial charge in [0, 0.05) is 16.7 Å². The van der Waals surface area contributed by atoms with Crippen LogP contribution in [0.1, 0.15) is 53.1 Å². The Morgan fingerprint density at radius 2 is 1.21 bits per heavy atom. The monoisotopic (exact) mass is 384 g/mol. The van der Waals surface area contributed by atoms with Crippen LogP contribution >= 0.6 is 0 Å².